The van der Waals surface area contributed by atoms with Crippen LogP contribution in [0.2, 0.25) is 0 Å². The predicted octanol–water partition coefficient (Wildman–Crippen LogP) is 1.91. The zero-order valence-corrected chi connectivity index (χ0v) is 24.4. The van der Waals surface area contributed by atoms with Gasteiger partial charge in [-0.15, -0.1) is 0 Å². The maximum Gasteiger partial charge on any atom is 0.308 e. The van der Waals surface area contributed by atoms with Crippen LogP contribution in [0.3, 0.4) is 0 Å². The Balaban J connectivity index is 3.04. The van der Waals surface area contributed by atoms with Crippen molar-refractivity contribution < 1.29 is 56.9 Å². The van der Waals surface area contributed by atoms with Crippen LogP contribution >= 0.6 is 0 Å². The zero-order chi connectivity index (χ0) is 28.3. The van der Waals surface area contributed by atoms with Gasteiger partial charge in [-0.2, -0.15) is 0 Å². The summed E-state index contributed by atoms with van der Waals surface area (Å²) in [6.45, 7) is 14.8. The van der Waals surface area contributed by atoms with Crippen molar-refractivity contribution in [3.8, 4) is 0 Å². The molecule has 0 fully saturated rings. The Morgan fingerprint density at radius 1 is 0.385 bits per heavy atom. The standard InChI is InChI=1S/C27H54O12/c1-3-5-7-29-9-11-31-13-15-33-17-19-35-21-23-37-25-26-38-24-22-36-20-18-34-16-14-32-12-10-30-8-6-27(28)39-4-2/h3-26H2,1-2H3. The second-order valence-electron chi connectivity index (χ2n) is 8.03. The first-order valence-electron chi connectivity index (χ1n) is 14.2. The number of unbranched alkanes of at least 4 members (excludes halogenated alkanes) is 1. The van der Waals surface area contributed by atoms with Crippen molar-refractivity contribution >= 4 is 5.97 Å². The molecule has 0 saturated carbocycles. The van der Waals surface area contributed by atoms with Gasteiger partial charge in [-0.3, -0.25) is 4.79 Å². The van der Waals surface area contributed by atoms with Crippen molar-refractivity contribution in [2.45, 2.75) is 33.1 Å². The number of ether oxygens (including phenoxy) is 11. The topological polar surface area (TPSA) is 119 Å². The fraction of sp³-hybridized carbons (Fsp3) is 0.963. The summed E-state index contributed by atoms with van der Waals surface area (Å²) < 4.78 is 59.0. The lowest BCUT2D eigenvalue weighted by Crippen LogP contribution is -2.15. The Kier molecular flexibility index (Phi) is 34.3. The molecule has 0 aliphatic heterocycles. The van der Waals surface area contributed by atoms with E-state index in [0.29, 0.717) is 132 Å². The molecule has 12 heteroatoms. The molecule has 0 N–H and O–H groups in total. The van der Waals surface area contributed by atoms with E-state index in [0.717, 1.165) is 19.4 Å². The lowest BCUT2D eigenvalue weighted by molar-refractivity contribution is -0.144. The Hall–Kier alpha value is -0.930. The van der Waals surface area contributed by atoms with E-state index < -0.39 is 0 Å². The molecule has 0 saturated heterocycles. The van der Waals surface area contributed by atoms with Crippen molar-refractivity contribution in [1.82, 2.24) is 0 Å². The number of carbonyl (C=O) groups is 1. The van der Waals surface area contributed by atoms with Crippen LogP contribution in [0, 0.1) is 0 Å². The number of esters is 1. The summed E-state index contributed by atoms with van der Waals surface area (Å²) in [7, 11) is 0. The second kappa shape index (κ2) is 35.1. The third kappa shape index (κ3) is 35.0. The molecule has 12 nitrogen and oxygen atoms in total. The molecule has 0 aromatic rings. The lowest BCUT2D eigenvalue weighted by Gasteiger charge is -2.09. The Labute approximate surface area is 235 Å². The predicted molar refractivity (Wildman–Crippen MR) is 144 cm³/mol. The van der Waals surface area contributed by atoms with E-state index in [2.05, 4.69) is 6.92 Å². The summed E-state index contributed by atoms with van der Waals surface area (Å²) in [4.78, 5) is 11.1. The van der Waals surface area contributed by atoms with Crippen LogP contribution in [0.1, 0.15) is 33.1 Å². The molecule has 0 aromatic heterocycles. The molecule has 0 radical (unpaired) electrons. The number of hydrogen-bond acceptors (Lipinski definition) is 12. The summed E-state index contributed by atoms with van der Waals surface area (Å²) in [5, 5.41) is 0. The van der Waals surface area contributed by atoms with Gasteiger partial charge in [-0.1, -0.05) is 13.3 Å². The molecule has 0 unspecified atom stereocenters. The summed E-state index contributed by atoms with van der Waals surface area (Å²) in [5.74, 6) is -0.248. The SMILES string of the molecule is CCCCOCCOCCOCCOCCOCCOCCOCCOCCOCCOCCC(=O)OCC. The first-order valence-corrected chi connectivity index (χ1v) is 14.2. The van der Waals surface area contributed by atoms with E-state index in [4.69, 9.17) is 52.1 Å². The van der Waals surface area contributed by atoms with Crippen molar-refractivity contribution in [2.24, 2.45) is 0 Å². The van der Waals surface area contributed by atoms with Crippen LogP contribution in [-0.4, -0.2) is 145 Å². The number of hydrogen-bond donors (Lipinski definition) is 0. The van der Waals surface area contributed by atoms with Crippen LogP contribution in [-0.2, 0) is 56.9 Å². The van der Waals surface area contributed by atoms with Crippen LogP contribution in [0.25, 0.3) is 0 Å². The lowest BCUT2D eigenvalue weighted by atomic mass is 10.4. The van der Waals surface area contributed by atoms with Crippen molar-refractivity contribution in [3.05, 3.63) is 0 Å². The first-order chi connectivity index (χ1) is 19.3. The highest BCUT2D eigenvalue weighted by Crippen LogP contribution is 1.90. The summed E-state index contributed by atoms with van der Waals surface area (Å²) in [6, 6.07) is 0. The monoisotopic (exact) mass is 570 g/mol. The summed E-state index contributed by atoms with van der Waals surface area (Å²) in [6.07, 6.45) is 2.50. The van der Waals surface area contributed by atoms with Gasteiger partial charge in [0, 0.05) is 6.61 Å². The first kappa shape index (κ1) is 38.1. The van der Waals surface area contributed by atoms with Crippen LogP contribution in [0.15, 0.2) is 0 Å². The highest BCUT2D eigenvalue weighted by molar-refractivity contribution is 5.69. The molecule has 0 bridgehead atoms. The van der Waals surface area contributed by atoms with Gasteiger partial charge in [0.05, 0.1) is 139 Å². The van der Waals surface area contributed by atoms with Gasteiger partial charge in [0.25, 0.3) is 0 Å². The Morgan fingerprint density at radius 3 is 0.897 bits per heavy atom. The average molecular weight is 571 g/mol. The Bertz CT molecular complexity index is 470. The fourth-order valence-corrected chi connectivity index (χ4v) is 2.72. The molecule has 0 amide bonds. The molecule has 0 heterocycles. The molecule has 39 heavy (non-hydrogen) atoms. The van der Waals surface area contributed by atoms with E-state index in [-0.39, 0.29) is 12.4 Å². The normalized spacial score (nSPS) is 11.3. The van der Waals surface area contributed by atoms with Gasteiger partial charge in [0.2, 0.25) is 0 Å². The van der Waals surface area contributed by atoms with Gasteiger partial charge < -0.3 is 52.1 Å². The van der Waals surface area contributed by atoms with Gasteiger partial charge in [-0.25, -0.2) is 0 Å². The highest BCUT2D eigenvalue weighted by Gasteiger charge is 2.00. The van der Waals surface area contributed by atoms with E-state index in [9.17, 15) is 4.79 Å². The van der Waals surface area contributed by atoms with Crippen molar-refractivity contribution in [2.75, 3.05) is 139 Å². The van der Waals surface area contributed by atoms with Gasteiger partial charge in [0.1, 0.15) is 0 Å². The zero-order valence-electron chi connectivity index (χ0n) is 24.4. The van der Waals surface area contributed by atoms with E-state index >= 15 is 0 Å². The maximum atomic E-state index is 11.1. The third-order valence-electron chi connectivity index (χ3n) is 4.75. The molecule has 0 atom stereocenters. The summed E-state index contributed by atoms with van der Waals surface area (Å²) >= 11 is 0. The molecule has 0 aromatic carbocycles. The van der Waals surface area contributed by atoms with Crippen LogP contribution in [0.5, 0.6) is 0 Å². The minimum atomic E-state index is -0.248. The van der Waals surface area contributed by atoms with Gasteiger partial charge in [0.15, 0.2) is 0 Å². The molecular weight excluding hydrogens is 516 g/mol. The average Bonchev–Trinajstić information content (AvgIpc) is 2.94. The minimum Gasteiger partial charge on any atom is -0.466 e. The van der Waals surface area contributed by atoms with Gasteiger partial charge >= 0.3 is 5.97 Å². The van der Waals surface area contributed by atoms with Crippen LogP contribution in [0.4, 0.5) is 0 Å². The smallest absolute Gasteiger partial charge is 0.308 e. The molecule has 234 valence electrons. The number of carbonyl (C=O) groups excluding carboxylic acids is 1. The second-order valence-corrected chi connectivity index (χ2v) is 8.03. The molecular formula is C27H54O12. The minimum absolute atomic E-state index is 0.248. The third-order valence-corrected chi connectivity index (χ3v) is 4.75. The number of rotatable bonds is 34. The molecule has 0 aliphatic rings. The van der Waals surface area contributed by atoms with E-state index in [1.165, 1.54) is 0 Å². The quantitative estimate of drug-likeness (QED) is 0.0830. The largest absolute Gasteiger partial charge is 0.466 e. The van der Waals surface area contributed by atoms with Crippen molar-refractivity contribution in [1.29, 1.82) is 0 Å². The van der Waals surface area contributed by atoms with Crippen molar-refractivity contribution in [3.63, 3.8) is 0 Å². The highest BCUT2D eigenvalue weighted by atomic mass is 16.6. The maximum absolute atomic E-state index is 11.1. The van der Waals surface area contributed by atoms with E-state index in [1.807, 2.05) is 0 Å². The Morgan fingerprint density at radius 2 is 0.641 bits per heavy atom. The molecule has 0 aliphatic carbocycles. The van der Waals surface area contributed by atoms with E-state index in [1.54, 1.807) is 6.92 Å². The molecule has 0 spiro atoms. The fourth-order valence-electron chi connectivity index (χ4n) is 2.72. The molecule has 0 rings (SSSR count). The van der Waals surface area contributed by atoms with Gasteiger partial charge in [-0.05, 0) is 13.3 Å². The van der Waals surface area contributed by atoms with Crippen LogP contribution < -0.4 is 0 Å². The summed E-state index contributed by atoms with van der Waals surface area (Å²) in [5.41, 5.74) is 0.